The molecule has 3 atom stereocenters. The van der Waals surface area contributed by atoms with Crippen LogP contribution in [0.1, 0.15) is 60.9 Å². The third kappa shape index (κ3) is 4.83. The number of aromatic nitrogens is 2. The van der Waals surface area contributed by atoms with E-state index in [-0.39, 0.29) is 17.6 Å². The van der Waals surface area contributed by atoms with Crippen LogP contribution in [0.3, 0.4) is 0 Å². The average Bonchev–Trinajstić information content (AvgIpc) is 3.61. The highest BCUT2D eigenvalue weighted by atomic mass is 79.9. The molecule has 1 saturated heterocycles. The van der Waals surface area contributed by atoms with Crippen molar-refractivity contribution >= 4 is 27.7 Å². The van der Waals surface area contributed by atoms with Crippen LogP contribution in [0.5, 0.6) is 0 Å². The second-order valence-electron chi connectivity index (χ2n) is 9.78. The number of carbonyl (C=O) groups is 1. The summed E-state index contributed by atoms with van der Waals surface area (Å²) in [4.78, 5) is 26.4. The summed E-state index contributed by atoms with van der Waals surface area (Å²) in [5, 5.41) is 13.7. The standard InChI is InChI=1S/C25H31BrFN5O2/c1-15-10-21(33)23-22(15)24(30-14-29-23)31-6-8-32(9-7-31)25(34)19(13-28-12-16-2-3-16)18-5-4-17(26)11-20(18)27/h4-5,11,14-16,19,21,28,33H,2-3,6-10,12-13H2,1H3/t15-,19-,21+/m1/s1. The summed E-state index contributed by atoms with van der Waals surface area (Å²) in [5.41, 5.74) is 2.19. The van der Waals surface area contributed by atoms with E-state index in [0.717, 1.165) is 23.6 Å². The topological polar surface area (TPSA) is 81.6 Å². The monoisotopic (exact) mass is 531 g/mol. The number of fused-ring (bicyclic) bond motifs is 1. The van der Waals surface area contributed by atoms with Gasteiger partial charge in [-0.15, -0.1) is 0 Å². The lowest BCUT2D eigenvalue weighted by molar-refractivity contribution is -0.133. The normalized spacial score (nSPS) is 23.2. The van der Waals surface area contributed by atoms with Crippen molar-refractivity contribution in [1.82, 2.24) is 20.2 Å². The van der Waals surface area contributed by atoms with Crippen LogP contribution in [-0.4, -0.2) is 65.2 Å². The molecule has 182 valence electrons. The molecule has 2 heterocycles. The Balaban J connectivity index is 1.29. The van der Waals surface area contributed by atoms with Crippen LogP contribution < -0.4 is 10.2 Å². The number of anilines is 1. The summed E-state index contributed by atoms with van der Waals surface area (Å²) >= 11 is 3.31. The van der Waals surface area contributed by atoms with Gasteiger partial charge in [0.1, 0.15) is 18.0 Å². The molecule has 5 rings (SSSR count). The quantitative estimate of drug-likeness (QED) is 0.570. The lowest BCUT2D eigenvalue weighted by Crippen LogP contribution is -2.51. The fraction of sp³-hybridized carbons (Fsp3) is 0.560. The van der Waals surface area contributed by atoms with Gasteiger partial charge in [-0.3, -0.25) is 4.79 Å². The number of amides is 1. The zero-order valence-electron chi connectivity index (χ0n) is 19.4. The molecule has 2 aromatic rings. The number of hydrogen-bond donors (Lipinski definition) is 2. The largest absolute Gasteiger partial charge is 0.387 e. The molecule has 1 aliphatic heterocycles. The summed E-state index contributed by atoms with van der Waals surface area (Å²) in [5.74, 6) is 0.789. The first kappa shape index (κ1) is 23.6. The van der Waals surface area contributed by atoms with Crippen molar-refractivity contribution < 1.29 is 14.3 Å². The minimum absolute atomic E-state index is 0.0409. The number of benzene rings is 1. The lowest BCUT2D eigenvalue weighted by atomic mass is 9.96. The van der Waals surface area contributed by atoms with E-state index >= 15 is 0 Å². The summed E-state index contributed by atoms with van der Waals surface area (Å²) in [6.45, 7) is 5.78. The van der Waals surface area contributed by atoms with Crippen molar-refractivity contribution in [3.8, 4) is 0 Å². The third-order valence-corrected chi connectivity index (χ3v) is 7.78. The maximum Gasteiger partial charge on any atom is 0.231 e. The summed E-state index contributed by atoms with van der Waals surface area (Å²) in [6.07, 6.45) is 4.09. The second-order valence-corrected chi connectivity index (χ2v) is 10.7. The van der Waals surface area contributed by atoms with Crippen molar-refractivity contribution in [3.63, 3.8) is 0 Å². The van der Waals surface area contributed by atoms with Crippen molar-refractivity contribution in [2.45, 2.75) is 44.1 Å². The highest BCUT2D eigenvalue weighted by Gasteiger charge is 2.35. The van der Waals surface area contributed by atoms with E-state index in [9.17, 15) is 14.3 Å². The van der Waals surface area contributed by atoms with E-state index in [1.54, 1.807) is 12.1 Å². The summed E-state index contributed by atoms with van der Waals surface area (Å²) in [7, 11) is 0. The molecule has 34 heavy (non-hydrogen) atoms. The zero-order valence-corrected chi connectivity index (χ0v) is 21.0. The number of halogens is 2. The van der Waals surface area contributed by atoms with Gasteiger partial charge in [0.2, 0.25) is 5.91 Å². The van der Waals surface area contributed by atoms with Gasteiger partial charge in [-0.25, -0.2) is 14.4 Å². The van der Waals surface area contributed by atoms with Crippen LogP contribution in [0, 0.1) is 11.7 Å². The highest BCUT2D eigenvalue weighted by molar-refractivity contribution is 9.10. The van der Waals surface area contributed by atoms with E-state index in [4.69, 9.17) is 0 Å². The molecule has 0 bridgehead atoms. The smallest absolute Gasteiger partial charge is 0.231 e. The molecule has 1 aromatic carbocycles. The zero-order chi connectivity index (χ0) is 23.8. The molecule has 0 radical (unpaired) electrons. The van der Waals surface area contributed by atoms with Crippen LogP contribution in [-0.2, 0) is 4.79 Å². The van der Waals surface area contributed by atoms with Crippen molar-refractivity contribution in [2.75, 3.05) is 44.2 Å². The number of hydrogen-bond acceptors (Lipinski definition) is 6. The van der Waals surface area contributed by atoms with E-state index in [2.05, 4.69) is 43.0 Å². The van der Waals surface area contributed by atoms with E-state index in [1.807, 2.05) is 4.90 Å². The second kappa shape index (κ2) is 9.87. The molecule has 1 aromatic heterocycles. The molecule has 2 N–H and O–H groups in total. The Hall–Kier alpha value is -2.10. The Bertz CT molecular complexity index is 1060. The molecule has 2 aliphatic carbocycles. The van der Waals surface area contributed by atoms with Crippen molar-refractivity contribution in [2.24, 2.45) is 5.92 Å². The van der Waals surface area contributed by atoms with Gasteiger partial charge in [0.05, 0.1) is 17.7 Å². The first-order valence-electron chi connectivity index (χ1n) is 12.1. The molecular weight excluding hydrogens is 501 g/mol. The number of aliphatic hydroxyl groups is 1. The Morgan fingerprint density at radius 2 is 2.03 bits per heavy atom. The molecule has 1 saturated carbocycles. The average molecular weight is 532 g/mol. The fourth-order valence-electron chi connectivity index (χ4n) is 5.18. The number of nitrogens with zero attached hydrogens (tertiary/aromatic N) is 4. The van der Waals surface area contributed by atoms with Gasteiger partial charge in [0, 0.05) is 48.3 Å². The lowest BCUT2D eigenvalue weighted by Gasteiger charge is -2.38. The predicted molar refractivity (Wildman–Crippen MR) is 131 cm³/mol. The maximum atomic E-state index is 14.8. The van der Waals surface area contributed by atoms with Gasteiger partial charge in [0.25, 0.3) is 0 Å². The molecule has 9 heteroatoms. The molecule has 0 spiro atoms. The van der Waals surface area contributed by atoms with E-state index in [0.29, 0.717) is 55.1 Å². The van der Waals surface area contributed by atoms with Gasteiger partial charge in [-0.1, -0.05) is 28.9 Å². The first-order chi connectivity index (χ1) is 16.4. The minimum Gasteiger partial charge on any atom is -0.387 e. The third-order valence-electron chi connectivity index (χ3n) is 7.28. The van der Waals surface area contributed by atoms with Gasteiger partial charge < -0.3 is 20.2 Å². The van der Waals surface area contributed by atoms with Gasteiger partial charge in [-0.2, -0.15) is 0 Å². The molecule has 1 amide bonds. The number of aliphatic hydroxyl groups excluding tert-OH is 1. The van der Waals surface area contributed by atoms with Crippen LogP contribution in [0.15, 0.2) is 29.0 Å². The van der Waals surface area contributed by atoms with E-state index in [1.165, 1.54) is 25.2 Å². The Kier molecular flexibility index (Phi) is 6.86. The minimum atomic E-state index is -0.558. The molecule has 3 aliphatic rings. The first-order valence-corrected chi connectivity index (χ1v) is 12.9. The SMILES string of the molecule is C[C@@H]1C[C@H](O)c2ncnc(N3CCN(C(=O)[C@H](CNCC4CC4)c4ccc(Br)cc4F)CC3)c21. The van der Waals surface area contributed by atoms with Crippen LogP contribution in [0.4, 0.5) is 10.2 Å². The number of nitrogens with one attached hydrogen (secondary N) is 1. The van der Waals surface area contributed by atoms with Crippen molar-refractivity contribution in [3.05, 3.63) is 51.6 Å². The Morgan fingerprint density at radius 3 is 2.74 bits per heavy atom. The van der Waals surface area contributed by atoms with Crippen LogP contribution >= 0.6 is 15.9 Å². The number of rotatable bonds is 7. The van der Waals surface area contributed by atoms with Gasteiger partial charge >= 0.3 is 0 Å². The van der Waals surface area contributed by atoms with Crippen molar-refractivity contribution in [1.29, 1.82) is 0 Å². The predicted octanol–water partition coefficient (Wildman–Crippen LogP) is 3.35. The molecule has 2 fully saturated rings. The number of piperazine rings is 1. The molecule has 0 unspecified atom stereocenters. The van der Waals surface area contributed by atoms with Gasteiger partial charge in [-0.05, 0) is 49.8 Å². The van der Waals surface area contributed by atoms with Crippen LogP contribution in [0.2, 0.25) is 0 Å². The van der Waals surface area contributed by atoms with Gasteiger partial charge in [0.15, 0.2) is 0 Å². The molecular formula is C25H31BrFN5O2. The number of carbonyl (C=O) groups excluding carboxylic acids is 1. The highest BCUT2D eigenvalue weighted by Crippen LogP contribution is 2.42. The fourth-order valence-corrected chi connectivity index (χ4v) is 5.51. The molecule has 7 nitrogen and oxygen atoms in total. The summed E-state index contributed by atoms with van der Waals surface area (Å²) < 4.78 is 15.5. The van der Waals surface area contributed by atoms with Crippen LogP contribution in [0.25, 0.3) is 0 Å². The Morgan fingerprint density at radius 1 is 1.26 bits per heavy atom. The van der Waals surface area contributed by atoms with E-state index < -0.39 is 12.0 Å². The maximum absolute atomic E-state index is 14.8. The Labute approximate surface area is 207 Å². The summed E-state index contributed by atoms with van der Waals surface area (Å²) in [6, 6.07) is 4.94.